The van der Waals surface area contributed by atoms with Gasteiger partial charge in [0.2, 0.25) is 5.71 Å². The van der Waals surface area contributed by atoms with Crippen LogP contribution in [-0.4, -0.2) is 24.6 Å². The Balaban J connectivity index is 2.27. The zero-order valence-corrected chi connectivity index (χ0v) is 9.51. The summed E-state index contributed by atoms with van der Waals surface area (Å²) in [5.74, 6) is 0.795. The van der Waals surface area contributed by atoms with Crippen molar-refractivity contribution in [2.75, 3.05) is 18.5 Å². The van der Waals surface area contributed by atoms with Crippen LogP contribution in [-0.2, 0) is 0 Å². The summed E-state index contributed by atoms with van der Waals surface area (Å²) < 4.78 is 0. The van der Waals surface area contributed by atoms with Crippen LogP contribution in [0.2, 0.25) is 0 Å². The summed E-state index contributed by atoms with van der Waals surface area (Å²) in [6, 6.07) is 10.8. The average molecular weight is 238 g/mol. The number of hydrazone groups is 1. The Morgan fingerprint density at radius 1 is 1.33 bits per heavy atom. The fourth-order valence-corrected chi connectivity index (χ4v) is 1.56. The topological polar surface area (TPSA) is 96.4 Å². The van der Waals surface area contributed by atoms with Crippen molar-refractivity contribution in [1.82, 2.24) is 5.32 Å². The van der Waals surface area contributed by atoms with Gasteiger partial charge in [-0.2, -0.15) is 15.6 Å². The Hall–Kier alpha value is -2.86. The molecule has 1 aliphatic rings. The predicted octanol–water partition coefficient (Wildman–Crippen LogP) is 0.851. The second-order valence-corrected chi connectivity index (χ2v) is 3.50. The lowest BCUT2D eigenvalue weighted by molar-refractivity contribution is 0.960. The summed E-state index contributed by atoms with van der Waals surface area (Å²) in [6.45, 7) is 1.56. The zero-order valence-electron chi connectivity index (χ0n) is 9.51. The van der Waals surface area contributed by atoms with E-state index >= 15 is 0 Å². The van der Waals surface area contributed by atoms with Crippen LogP contribution < -0.4 is 10.7 Å². The van der Waals surface area contributed by atoms with Crippen LogP contribution in [0.3, 0.4) is 0 Å². The SMILES string of the molecule is N#CC(C#N)=NNc1ccccc1C1=NCCN1. The smallest absolute Gasteiger partial charge is 0.237 e. The van der Waals surface area contributed by atoms with E-state index in [2.05, 4.69) is 20.8 Å². The molecule has 2 rings (SSSR count). The minimum Gasteiger partial charge on any atom is -0.368 e. The first-order chi connectivity index (χ1) is 8.85. The van der Waals surface area contributed by atoms with Gasteiger partial charge in [0.05, 0.1) is 12.2 Å². The normalized spacial score (nSPS) is 12.7. The van der Waals surface area contributed by atoms with E-state index < -0.39 is 0 Å². The number of rotatable bonds is 3. The minimum absolute atomic E-state index is 0.217. The molecule has 0 saturated heterocycles. The van der Waals surface area contributed by atoms with E-state index in [1.807, 2.05) is 24.3 Å². The molecule has 0 spiro atoms. The molecular weight excluding hydrogens is 228 g/mol. The molecule has 0 unspecified atom stereocenters. The molecule has 6 heteroatoms. The zero-order chi connectivity index (χ0) is 12.8. The molecule has 0 saturated carbocycles. The summed E-state index contributed by atoms with van der Waals surface area (Å²) in [5, 5.41) is 24.1. The highest BCUT2D eigenvalue weighted by Gasteiger charge is 2.11. The number of aliphatic imine (C=N–C) groups is 1. The highest BCUT2D eigenvalue weighted by Crippen LogP contribution is 2.16. The number of hydrogen-bond donors (Lipinski definition) is 2. The molecular formula is C12H10N6. The molecule has 88 valence electrons. The molecule has 0 bridgehead atoms. The Kier molecular flexibility index (Phi) is 3.53. The van der Waals surface area contributed by atoms with Gasteiger partial charge in [-0.3, -0.25) is 10.4 Å². The van der Waals surface area contributed by atoms with Gasteiger partial charge >= 0.3 is 0 Å². The molecule has 0 fully saturated rings. The molecule has 0 amide bonds. The number of nitrogens with zero attached hydrogens (tertiary/aromatic N) is 4. The summed E-state index contributed by atoms with van der Waals surface area (Å²) in [7, 11) is 0. The van der Waals surface area contributed by atoms with Gasteiger partial charge in [0, 0.05) is 12.1 Å². The quantitative estimate of drug-likeness (QED) is 0.602. The predicted molar refractivity (Wildman–Crippen MR) is 68.1 cm³/mol. The van der Waals surface area contributed by atoms with Crippen molar-refractivity contribution in [1.29, 1.82) is 10.5 Å². The summed E-state index contributed by atoms with van der Waals surface area (Å²) in [5.41, 5.74) is 4.07. The molecule has 0 aromatic heterocycles. The van der Waals surface area contributed by atoms with Crippen molar-refractivity contribution in [3.05, 3.63) is 29.8 Å². The van der Waals surface area contributed by atoms with Gasteiger partial charge in [-0.15, -0.1) is 0 Å². The summed E-state index contributed by atoms with van der Waals surface area (Å²) in [6.07, 6.45) is 0. The van der Waals surface area contributed by atoms with Gasteiger partial charge in [0.1, 0.15) is 18.0 Å². The van der Waals surface area contributed by atoms with Gasteiger partial charge in [0.25, 0.3) is 0 Å². The highest BCUT2D eigenvalue weighted by atomic mass is 15.3. The average Bonchev–Trinajstić information content (AvgIpc) is 2.94. The van der Waals surface area contributed by atoms with Gasteiger partial charge in [-0.1, -0.05) is 12.1 Å². The van der Waals surface area contributed by atoms with Crippen molar-refractivity contribution in [3.63, 3.8) is 0 Å². The number of benzene rings is 1. The lowest BCUT2D eigenvalue weighted by Gasteiger charge is -2.08. The van der Waals surface area contributed by atoms with E-state index in [-0.39, 0.29) is 5.71 Å². The molecule has 2 N–H and O–H groups in total. The van der Waals surface area contributed by atoms with E-state index in [1.54, 1.807) is 12.1 Å². The van der Waals surface area contributed by atoms with Crippen LogP contribution in [0, 0.1) is 22.7 Å². The molecule has 0 atom stereocenters. The third kappa shape index (κ3) is 2.45. The first kappa shape index (κ1) is 11.6. The molecule has 0 aliphatic carbocycles. The number of amidine groups is 1. The summed E-state index contributed by atoms with van der Waals surface area (Å²) >= 11 is 0. The number of nitriles is 2. The van der Waals surface area contributed by atoms with Gasteiger partial charge in [-0.25, -0.2) is 0 Å². The van der Waals surface area contributed by atoms with E-state index in [1.165, 1.54) is 0 Å². The van der Waals surface area contributed by atoms with Crippen LogP contribution in [0.15, 0.2) is 34.4 Å². The minimum atomic E-state index is -0.217. The van der Waals surface area contributed by atoms with Gasteiger partial charge < -0.3 is 5.32 Å². The summed E-state index contributed by atoms with van der Waals surface area (Å²) in [4.78, 5) is 4.32. The van der Waals surface area contributed by atoms with Crippen molar-refractivity contribution in [2.45, 2.75) is 0 Å². The van der Waals surface area contributed by atoms with Crippen LogP contribution in [0.4, 0.5) is 5.69 Å². The first-order valence-corrected chi connectivity index (χ1v) is 5.37. The van der Waals surface area contributed by atoms with Gasteiger partial charge in [-0.05, 0) is 12.1 Å². The maximum atomic E-state index is 8.61. The number of para-hydroxylation sites is 1. The van der Waals surface area contributed by atoms with Crippen LogP contribution in [0.1, 0.15) is 5.56 Å². The van der Waals surface area contributed by atoms with Crippen molar-refractivity contribution >= 4 is 17.2 Å². The Bertz CT molecular complexity index is 571. The fourth-order valence-electron chi connectivity index (χ4n) is 1.56. The highest BCUT2D eigenvalue weighted by molar-refractivity contribution is 6.10. The van der Waals surface area contributed by atoms with Crippen molar-refractivity contribution in [3.8, 4) is 12.1 Å². The Labute approximate surface area is 104 Å². The number of anilines is 1. The second-order valence-electron chi connectivity index (χ2n) is 3.50. The van der Waals surface area contributed by atoms with Crippen LogP contribution in [0.25, 0.3) is 0 Å². The molecule has 1 aromatic rings. The standard InChI is InChI=1S/C12H10N6/c13-7-9(8-14)17-18-11-4-2-1-3-10(11)12-15-5-6-16-12/h1-4,18H,5-6H2,(H,15,16). The monoisotopic (exact) mass is 238 g/mol. The third-order valence-electron chi connectivity index (χ3n) is 2.36. The second kappa shape index (κ2) is 5.46. The van der Waals surface area contributed by atoms with Crippen LogP contribution in [0.5, 0.6) is 0 Å². The number of hydrogen-bond acceptors (Lipinski definition) is 6. The molecule has 0 radical (unpaired) electrons. The lowest BCUT2D eigenvalue weighted by atomic mass is 10.1. The Morgan fingerprint density at radius 3 is 2.78 bits per heavy atom. The lowest BCUT2D eigenvalue weighted by Crippen LogP contribution is -2.20. The largest absolute Gasteiger partial charge is 0.368 e. The first-order valence-electron chi connectivity index (χ1n) is 5.37. The number of nitrogens with one attached hydrogen (secondary N) is 2. The van der Waals surface area contributed by atoms with Crippen molar-refractivity contribution < 1.29 is 0 Å². The van der Waals surface area contributed by atoms with E-state index in [4.69, 9.17) is 10.5 Å². The molecule has 6 nitrogen and oxygen atoms in total. The van der Waals surface area contributed by atoms with Gasteiger partial charge in [0.15, 0.2) is 0 Å². The van der Waals surface area contributed by atoms with Crippen LogP contribution >= 0.6 is 0 Å². The van der Waals surface area contributed by atoms with Crippen molar-refractivity contribution in [2.24, 2.45) is 10.1 Å². The van der Waals surface area contributed by atoms with E-state index in [9.17, 15) is 0 Å². The molecule has 18 heavy (non-hydrogen) atoms. The van der Waals surface area contributed by atoms with E-state index in [0.29, 0.717) is 5.69 Å². The molecule has 1 aromatic carbocycles. The van der Waals surface area contributed by atoms with E-state index in [0.717, 1.165) is 24.5 Å². The maximum Gasteiger partial charge on any atom is 0.237 e. The Morgan fingerprint density at radius 2 is 2.11 bits per heavy atom. The maximum absolute atomic E-state index is 8.61. The fraction of sp³-hybridized carbons (Fsp3) is 0.167. The molecule has 1 heterocycles. The third-order valence-corrected chi connectivity index (χ3v) is 2.36. The molecule has 1 aliphatic heterocycles.